The number of nitrogens with zero attached hydrogens (tertiary/aromatic N) is 1. The van der Waals surface area contributed by atoms with Crippen molar-refractivity contribution in [2.24, 2.45) is 0 Å². The molecule has 2 N–H and O–H groups in total. The summed E-state index contributed by atoms with van der Waals surface area (Å²) >= 11 is 0. The van der Waals surface area contributed by atoms with Crippen LogP contribution in [-0.2, 0) is 4.79 Å². The Morgan fingerprint density at radius 1 is 1.56 bits per heavy atom. The number of rotatable bonds is 8. The van der Waals surface area contributed by atoms with Crippen LogP contribution in [0.15, 0.2) is 0 Å². The van der Waals surface area contributed by atoms with E-state index in [0.29, 0.717) is 6.42 Å². The molecule has 106 valence electrons. The van der Waals surface area contributed by atoms with Crippen LogP contribution in [0.25, 0.3) is 0 Å². The molecule has 6 heteroatoms. The molecule has 18 heavy (non-hydrogen) atoms. The summed E-state index contributed by atoms with van der Waals surface area (Å²) in [7, 11) is 1.59. The topological polar surface area (TPSA) is 52.6 Å². The van der Waals surface area contributed by atoms with Crippen molar-refractivity contribution in [2.75, 3.05) is 13.6 Å². The van der Waals surface area contributed by atoms with E-state index < -0.39 is 17.9 Å². The Kier molecular flexibility index (Phi) is 5.04. The molecule has 0 spiro atoms. The van der Waals surface area contributed by atoms with Crippen LogP contribution in [0, 0.1) is 0 Å². The molecule has 0 aromatic rings. The zero-order chi connectivity index (χ0) is 13.9. The summed E-state index contributed by atoms with van der Waals surface area (Å²) < 4.78 is 24.6. The molecule has 1 aliphatic carbocycles. The molecule has 2 atom stereocenters. The first kappa shape index (κ1) is 15.3. The summed E-state index contributed by atoms with van der Waals surface area (Å²) in [4.78, 5) is 12.8. The highest BCUT2D eigenvalue weighted by Crippen LogP contribution is 2.26. The van der Waals surface area contributed by atoms with Gasteiger partial charge in [-0.25, -0.2) is 8.78 Å². The molecular weight excluding hydrogens is 242 g/mol. The zero-order valence-electron chi connectivity index (χ0n) is 11.1. The van der Waals surface area contributed by atoms with Gasteiger partial charge < -0.3 is 5.11 Å². The Morgan fingerprint density at radius 2 is 2.11 bits per heavy atom. The van der Waals surface area contributed by atoms with Gasteiger partial charge in [0.2, 0.25) is 0 Å². The number of aliphatic carboxylic acids is 1. The van der Waals surface area contributed by atoms with Gasteiger partial charge in [-0.2, -0.15) is 0 Å². The maximum absolute atomic E-state index is 12.3. The van der Waals surface area contributed by atoms with Crippen LogP contribution in [0.5, 0.6) is 0 Å². The lowest BCUT2D eigenvalue weighted by Gasteiger charge is -2.33. The quantitative estimate of drug-likeness (QED) is 0.698. The van der Waals surface area contributed by atoms with Crippen LogP contribution >= 0.6 is 0 Å². The van der Waals surface area contributed by atoms with Gasteiger partial charge in [-0.1, -0.05) is 0 Å². The van der Waals surface area contributed by atoms with Crippen LogP contribution < -0.4 is 5.32 Å². The van der Waals surface area contributed by atoms with Gasteiger partial charge in [-0.15, -0.1) is 0 Å². The second-order valence-electron chi connectivity index (χ2n) is 5.44. The van der Waals surface area contributed by atoms with Gasteiger partial charge in [0.15, 0.2) is 0 Å². The van der Waals surface area contributed by atoms with E-state index in [1.165, 1.54) is 4.90 Å². The molecule has 0 heterocycles. The summed E-state index contributed by atoms with van der Waals surface area (Å²) in [5, 5.41) is 12.4. The first-order chi connectivity index (χ1) is 8.24. The van der Waals surface area contributed by atoms with Crippen molar-refractivity contribution in [3.63, 3.8) is 0 Å². The predicted octanol–water partition coefficient (Wildman–Crippen LogP) is 1.56. The van der Waals surface area contributed by atoms with Gasteiger partial charge in [0, 0.05) is 12.1 Å². The average molecular weight is 264 g/mol. The molecule has 0 amide bonds. The number of carbonyl (C=O) groups is 1. The minimum Gasteiger partial charge on any atom is -0.480 e. The molecule has 1 saturated carbocycles. The normalized spacial score (nSPS) is 21.1. The lowest BCUT2D eigenvalue weighted by molar-refractivity contribution is -0.145. The summed E-state index contributed by atoms with van der Waals surface area (Å²) in [6.07, 6.45) is -0.110. The monoisotopic (exact) mass is 264 g/mol. The van der Waals surface area contributed by atoms with E-state index in [9.17, 15) is 18.7 Å². The molecule has 0 saturated heterocycles. The number of alkyl halides is 2. The molecular formula is C12H22F2N2O2. The molecule has 4 nitrogen and oxygen atoms in total. The molecule has 1 fully saturated rings. The number of carboxylic acids is 1. The van der Waals surface area contributed by atoms with Gasteiger partial charge in [-0.3, -0.25) is 15.0 Å². The van der Waals surface area contributed by atoms with Gasteiger partial charge in [0.25, 0.3) is 6.43 Å². The Bertz CT molecular complexity index is 298. The highest BCUT2D eigenvalue weighted by atomic mass is 19.3. The maximum Gasteiger partial charge on any atom is 0.323 e. The molecule has 0 radical (unpaired) electrons. The molecule has 2 unspecified atom stereocenters. The van der Waals surface area contributed by atoms with Gasteiger partial charge in [0.1, 0.15) is 5.54 Å². The fraction of sp³-hybridized carbons (Fsp3) is 0.917. The lowest BCUT2D eigenvalue weighted by atomic mass is 9.93. The van der Waals surface area contributed by atoms with Gasteiger partial charge >= 0.3 is 5.97 Å². The van der Waals surface area contributed by atoms with Gasteiger partial charge in [-0.05, 0) is 40.2 Å². The molecule has 0 aromatic carbocycles. The maximum atomic E-state index is 12.3. The second-order valence-corrected chi connectivity index (χ2v) is 5.44. The summed E-state index contributed by atoms with van der Waals surface area (Å²) in [6.45, 7) is 3.07. The molecule has 0 bridgehead atoms. The number of hydrogen-bond acceptors (Lipinski definition) is 3. The summed E-state index contributed by atoms with van der Waals surface area (Å²) in [5.41, 5.74) is -1.04. The van der Waals surface area contributed by atoms with Gasteiger partial charge in [0.05, 0.1) is 6.54 Å². The van der Waals surface area contributed by atoms with E-state index in [-0.39, 0.29) is 18.6 Å². The number of halogens is 2. The summed E-state index contributed by atoms with van der Waals surface area (Å²) in [5.74, 6) is -0.924. The van der Waals surface area contributed by atoms with Crippen molar-refractivity contribution in [1.82, 2.24) is 10.2 Å². The largest absolute Gasteiger partial charge is 0.480 e. The molecule has 1 rings (SSSR count). The summed E-state index contributed by atoms with van der Waals surface area (Å²) in [6, 6.07) is 0.0463. The van der Waals surface area contributed by atoms with Crippen molar-refractivity contribution in [3.8, 4) is 0 Å². The van der Waals surface area contributed by atoms with E-state index in [0.717, 1.165) is 12.8 Å². The zero-order valence-corrected chi connectivity index (χ0v) is 11.1. The van der Waals surface area contributed by atoms with Crippen molar-refractivity contribution < 1.29 is 18.7 Å². The van der Waals surface area contributed by atoms with Crippen LogP contribution in [-0.4, -0.2) is 53.6 Å². The average Bonchev–Trinajstić information content (AvgIpc) is 2.99. The van der Waals surface area contributed by atoms with Crippen LogP contribution in [0.1, 0.15) is 33.1 Å². The minimum atomic E-state index is -2.40. The third kappa shape index (κ3) is 4.49. The number of hydrogen-bond donors (Lipinski definition) is 2. The third-order valence-electron chi connectivity index (χ3n) is 3.45. The van der Waals surface area contributed by atoms with Crippen LogP contribution in [0.2, 0.25) is 0 Å². The fourth-order valence-electron chi connectivity index (χ4n) is 2.03. The standard InChI is InChI=1S/C12H22F2N2O2/c1-8(16(3)7-10(13)14)6-12(2,11(17)18)15-9-4-5-9/h8-10,15H,4-7H2,1-3H3,(H,17,18). The fourth-order valence-corrected chi connectivity index (χ4v) is 2.03. The molecule has 0 aromatic heterocycles. The number of carboxylic acid groups (broad SMARTS) is 1. The van der Waals surface area contributed by atoms with E-state index in [1.54, 1.807) is 20.9 Å². The minimum absolute atomic E-state index is 0.216. The smallest absolute Gasteiger partial charge is 0.323 e. The van der Waals surface area contributed by atoms with E-state index in [4.69, 9.17) is 0 Å². The first-order valence-electron chi connectivity index (χ1n) is 6.24. The third-order valence-corrected chi connectivity index (χ3v) is 3.45. The highest BCUT2D eigenvalue weighted by molar-refractivity contribution is 5.78. The SMILES string of the molecule is CC(CC(C)(NC1CC1)C(=O)O)N(C)CC(F)F. The van der Waals surface area contributed by atoms with Crippen molar-refractivity contribution in [3.05, 3.63) is 0 Å². The predicted molar refractivity (Wildman–Crippen MR) is 64.9 cm³/mol. The van der Waals surface area contributed by atoms with Crippen molar-refractivity contribution in [1.29, 1.82) is 0 Å². The van der Waals surface area contributed by atoms with E-state index in [2.05, 4.69) is 5.32 Å². The Balaban J connectivity index is 2.56. The second kappa shape index (κ2) is 5.93. The highest BCUT2D eigenvalue weighted by Gasteiger charge is 2.40. The Labute approximate surface area is 106 Å². The van der Waals surface area contributed by atoms with Crippen molar-refractivity contribution in [2.45, 2.75) is 57.2 Å². The molecule has 0 aliphatic heterocycles. The Hall–Kier alpha value is -0.750. The Morgan fingerprint density at radius 3 is 2.50 bits per heavy atom. The van der Waals surface area contributed by atoms with Crippen LogP contribution in [0.3, 0.4) is 0 Å². The molecule has 1 aliphatic rings. The van der Waals surface area contributed by atoms with Crippen LogP contribution in [0.4, 0.5) is 8.78 Å². The van der Waals surface area contributed by atoms with E-state index in [1.807, 2.05) is 0 Å². The lowest BCUT2D eigenvalue weighted by Crippen LogP contribution is -2.54. The van der Waals surface area contributed by atoms with Crippen molar-refractivity contribution >= 4 is 5.97 Å². The number of nitrogens with one attached hydrogen (secondary N) is 1. The first-order valence-corrected chi connectivity index (χ1v) is 6.24. The van der Waals surface area contributed by atoms with E-state index >= 15 is 0 Å².